The lowest BCUT2D eigenvalue weighted by molar-refractivity contribution is -0.0405. The Bertz CT molecular complexity index is 1110. The van der Waals surface area contributed by atoms with Crippen LogP contribution in [0.25, 0.3) is 0 Å². The SMILES string of the molecule is COc1ccc(C(=O)N2CCOC(COc3c(C(C)=O)ccc(OC)c3OC)C2)cc1OC1CCCC1. The average Bonchev–Trinajstić information content (AvgIpc) is 3.44. The predicted molar refractivity (Wildman–Crippen MR) is 137 cm³/mol. The van der Waals surface area contributed by atoms with E-state index in [4.69, 9.17) is 28.4 Å². The van der Waals surface area contributed by atoms with Crippen LogP contribution in [-0.2, 0) is 4.74 Å². The Balaban J connectivity index is 1.45. The number of nitrogens with zero attached hydrogens (tertiary/aromatic N) is 1. The van der Waals surface area contributed by atoms with Gasteiger partial charge in [0.15, 0.2) is 28.8 Å². The molecule has 2 aliphatic rings. The molecule has 2 aromatic carbocycles. The molecule has 0 N–H and O–H groups in total. The maximum atomic E-state index is 13.4. The largest absolute Gasteiger partial charge is 0.493 e. The lowest BCUT2D eigenvalue weighted by atomic mass is 10.1. The van der Waals surface area contributed by atoms with Crippen molar-refractivity contribution in [2.75, 3.05) is 47.6 Å². The minimum absolute atomic E-state index is 0.115. The molecule has 9 nitrogen and oxygen atoms in total. The van der Waals surface area contributed by atoms with E-state index in [1.54, 1.807) is 42.3 Å². The van der Waals surface area contributed by atoms with Gasteiger partial charge in [-0.1, -0.05) is 0 Å². The highest BCUT2D eigenvalue weighted by molar-refractivity contribution is 5.98. The quantitative estimate of drug-likeness (QED) is 0.438. The van der Waals surface area contributed by atoms with Crippen molar-refractivity contribution in [3.63, 3.8) is 0 Å². The summed E-state index contributed by atoms with van der Waals surface area (Å²) in [6.07, 6.45) is 4.08. The highest BCUT2D eigenvalue weighted by Crippen LogP contribution is 2.40. The van der Waals surface area contributed by atoms with Crippen LogP contribution in [0.5, 0.6) is 28.7 Å². The summed E-state index contributed by atoms with van der Waals surface area (Å²) in [4.78, 5) is 27.3. The van der Waals surface area contributed by atoms with E-state index in [-0.39, 0.29) is 30.5 Å². The van der Waals surface area contributed by atoms with Gasteiger partial charge in [0.1, 0.15) is 12.7 Å². The molecular weight excluding hydrogens is 478 g/mol. The third-order valence-corrected chi connectivity index (χ3v) is 6.73. The molecule has 1 unspecified atom stereocenters. The summed E-state index contributed by atoms with van der Waals surface area (Å²) in [6, 6.07) is 8.60. The molecule has 2 fully saturated rings. The summed E-state index contributed by atoms with van der Waals surface area (Å²) in [5, 5.41) is 0. The van der Waals surface area contributed by atoms with Gasteiger partial charge >= 0.3 is 0 Å². The third-order valence-electron chi connectivity index (χ3n) is 6.73. The number of Topliss-reactive ketones (excluding diaryl/α,β-unsaturated/α-hetero) is 1. The molecule has 1 amide bonds. The smallest absolute Gasteiger partial charge is 0.254 e. The minimum Gasteiger partial charge on any atom is -0.493 e. The zero-order valence-electron chi connectivity index (χ0n) is 21.9. The molecule has 0 spiro atoms. The number of rotatable bonds is 10. The van der Waals surface area contributed by atoms with Crippen molar-refractivity contribution in [3.8, 4) is 28.7 Å². The second kappa shape index (κ2) is 12.2. The van der Waals surface area contributed by atoms with E-state index in [0.29, 0.717) is 59.6 Å². The van der Waals surface area contributed by atoms with Crippen LogP contribution in [0.2, 0.25) is 0 Å². The summed E-state index contributed by atoms with van der Waals surface area (Å²) in [6.45, 7) is 2.76. The molecule has 1 atom stereocenters. The van der Waals surface area contributed by atoms with Gasteiger partial charge < -0.3 is 33.3 Å². The number of ketones is 1. The Morgan fingerprint density at radius 3 is 2.35 bits per heavy atom. The van der Waals surface area contributed by atoms with Gasteiger partial charge in [0.25, 0.3) is 5.91 Å². The Morgan fingerprint density at radius 1 is 0.946 bits per heavy atom. The van der Waals surface area contributed by atoms with Crippen molar-refractivity contribution in [2.24, 2.45) is 0 Å². The summed E-state index contributed by atoms with van der Waals surface area (Å²) in [5.41, 5.74) is 0.915. The first-order chi connectivity index (χ1) is 17.9. The standard InChI is InChI=1S/C28H35NO8/c1-18(30)22-10-12-24(33-3)27(34-4)26(22)36-17-21-16-29(13-14-35-21)28(31)19-9-11-23(32-2)25(15-19)37-20-7-5-6-8-20/h9-12,15,20-21H,5-8,13-14,16-17H2,1-4H3. The van der Waals surface area contributed by atoms with E-state index < -0.39 is 0 Å². The van der Waals surface area contributed by atoms with E-state index in [2.05, 4.69) is 0 Å². The van der Waals surface area contributed by atoms with Gasteiger partial charge in [0, 0.05) is 12.1 Å². The lowest BCUT2D eigenvalue weighted by Crippen LogP contribution is -2.47. The normalized spacial score (nSPS) is 17.8. The first-order valence-electron chi connectivity index (χ1n) is 12.6. The number of amides is 1. The van der Waals surface area contributed by atoms with Crippen LogP contribution in [0.1, 0.15) is 53.3 Å². The van der Waals surface area contributed by atoms with Gasteiger partial charge in [-0.25, -0.2) is 0 Å². The van der Waals surface area contributed by atoms with E-state index in [9.17, 15) is 9.59 Å². The highest BCUT2D eigenvalue weighted by atomic mass is 16.6. The van der Waals surface area contributed by atoms with Gasteiger partial charge in [-0.2, -0.15) is 0 Å². The van der Waals surface area contributed by atoms with Crippen LogP contribution in [0.4, 0.5) is 0 Å². The van der Waals surface area contributed by atoms with Crippen molar-refractivity contribution in [1.29, 1.82) is 0 Å². The number of benzene rings is 2. The topological polar surface area (TPSA) is 92.8 Å². The molecule has 1 saturated heterocycles. The fraction of sp³-hybridized carbons (Fsp3) is 0.500. The number of morpholine rings is 1. The second-order valence-corrected chi connectivity index (χ2v) is 9.18. The number of carbonyl (C=O) groups is 2. The van der Waals surface area contributed by atoms with Crippen LogP contribution in [0.15, 0.2) is 30.3 Å². The van der Waals surface area contributed by atoms with Crippen LogP contribution in [-0.4, -0.2) is 76.4 Å². The Kier molecular flexibility index (Phi) is 8.76. The van der Waals surface area contributed by atoms with Gasteiger partial charge in [-0.15, -0.1) is 0 Å². The maximum Gasteiger partial charge on any atom is 0.254 e. The number of methoxy groups -OCH3 is 3. The summed E-state index contributed by atoms with van der Waals surface area (Å²) in [5.74, 6) is 2.03. The fourth-order valence-corrected chi connectivity index (χ4v) is 4.77. The maximum absolute atomic E-state index is 13.4. The third kappa shape index (κ3) is 6.10. The molecule has 2 aromatic rings. The lowest BCUT2D eigenvalue weighted by Gasteiger charge is -2.33. The number of carbonyl (C=O) groups excluding carboxylic acids is 2. The second-order valence-electron chi connectivity index (χ2n) is 9.18. The van der Waals surface area contributed by atoms with Crippen molar-refractivity contribution >= 4 is 11.7 Å². The molecule has 1 saturated carbocycles. The van der Waals surface area contributed by atoms with E-state index in [0.717, 1.165) is 25.7 Å². The van der Waals surface area contributed by atoms with Crippen molar-refractivity contribution in [1.82, 2.24) is 4.90 Å². The summed E-state index contributed by atoms with van der Waals surface area (Å²) >= 11 is 0. The number of ether oxygens (including phenoxy) is 6. The molecule has 4 rings (SSSR count). The Labute approximate surface area is 217 Å². The van der Waals surface area contributed by atoms with E-state index in [1.807, 2.05) is 0 Å². The number of hydrogen-bond donors (Lipinski definition) is 0. The van der Waals surface area contributed by atoms with Crippen molar-refractivity contribution in [3.05, 3.63) is 41.5 Å². The molecule has 0 radical (unpaired) electrons. The van der Waals surface area contributed by atoms with Crippen LogP contribution < -0.4 is 23.7 Å². The monoisotopic (exact) mass is 513 g/mol. The number of hydrogen-bond acceptors (Lipinski definition) is 8. The minimum atomic E-state index is -0.388. The van der Waals surface area contributed by atoms with Crippen LogP contribution in [0.3, 0.4) is 0 Å². The van der Waals surface area contributed by atoms with Crippen molar-refractivity contribution in [2.45, 2.75) is 44.8 Å². The van der Waals surface area contributed by atoms with Gasteiger partial charge in [-0.3, -0.25) is 9.59 Å². The van der Waals surface area contributed by atoms with Gasteiger partial charge in [0.2, 0.25) is 5.75 Å². The Morgan fingerprint density at radius 2 is 1.68 bits per heavy atom. The molecule has 200 valence electrons. The van der Waals surface area contributed by atoms with E-state index in [1.165, 1.54) is 21.1 Å². The summed E-state index contributed by atoms with van der Waals surface area (Å²) < 4.78 is 34.3. The van der Waals surface area contributed by atoms with Crippen LogP contribution in [0, 0.1) is 0 Å². The highest BCUT2D eigenvalue weighted by Gasteiger charge is 2.28. The van der Waals surface area contributed by atoms with Gasteiger partial charge in [-0.05, 0) is 62.9 Å². The van der Waals surface area contributed by atoms with Crippen LogP contribution >= 0.6 is 0 Å². The molecule has 0 bridgehead atoms. The van der Waals surface area contributed by atoms with E-state index >= 15 is 0 Å². The first-order valence-corrected chi connectivity index (χ1v) is 12.6. The molecule has 1 heterocycles. The molecule has 1 aliphatic heterocycles. The molecule has 37 heavy (non-hydrogen) atoms. The summed E-state index contributed by atoms with van der Waals surface area (Å²) in [7, 11) is 4.61. The first kappa shape index (κ1) is 26.6. The molecule has 9 heteroatoms. The molecular formula is C28H35NO8. The van der Waals surface area contributed by atoms with Crippen molar-refractivity contribution < 1.29 is 38.0 Å². The zero-order chi connectivity index (χ0) is 26.4. The predicted octanol–water partition coefficient (Wildman–Crippen LogP) is 4.16. The van der Waals surface area contributed by atoms with Gasteiger partial charge in [0.05, 0.1) is 46.1 Å². The zero-order valence-corrected chi connectivity index (χ0v) is 21.9. The average molecular weight is 514 g/mol. The fourth-order valence-electron chi connectivity index (χ4n) is 4.77. The molecule has 1 aliphatic carbocycles. The Hall–Kier alpha value is -3.46. The molecule has 0 aromatic heterocycles.